The van der Waals surface area contributed by atoms with Gasteiger partial charge in [-0.25, -0.2) is 27.2 Å². The lowest BCUT2D eigenvalue weighted by Crippen LogP contribution is -2.31. The minimum absolute atomic E-state index is 0.00304. The summed E-state index contributed by atoms with van der Waals surface area (Å²) < 4.78 is 57.6. The van der Waals surface area contributed by atoms with E-state index in [2.05, 4.69) is 25.6 Å². The fraction of sp³-hybridized carbons (Fsp3) is 0.435. The van der Waals surface area contributed by atoms with Crippen LogP contribution < -0.4 is 10.6 Å². The van der Waals surface area contributed by atoms with Gasteiger partial charge in [-0.2, -0.15) is 0 Å². The molecule has 35 heavy (non-hydrogen) atoms. The van der Waals surface area contributed by atoms with Gasteiger partial charge in [0.2, 0.25) is 5.91 Å². The molecule has 1 aliphatic carbocycles. The van der Waals surface area contributed by atoms with Crippen molar-refractivity contribution in [3.05, 3.63) is 35.7 Å². The van der Waals surface area contributed by atoms with Crippen LogP contribution in [0.3, 0.4) is 0 Å². The summed E-state index contributed by atoms with van der Waals surface area (Å²) in [5.41, 5.74) is 2.17. The van der Waals surface area contributed by atoms with E-state index in [1.165, 1.54) is 6.07 Å². The van der Waals surface area contributed by atoms with Crippen LogP contribution >= 0.6 is 0 Å². The van der Waals surface area contributed by atoms with Crippen LogP contribution in [-0.2, 0) is 19.4 Å². The first-order chi connectivity index (χ1) is 16.5. The van der Waals surface area contributed by atoms with Gasteiger partial charge in [-0.3, -0.25) is 4.79 Å². The molecular formula is C23H25F2N5O4S. The van der Waals surface area contributed by atoms with E-state index in [9.17, 15) is 22.0 Å². The molecule has 186 valence electrons. The zero-order valence-corrected chi connectivity index (χ0v) is 20.0. The summed E-state index contributed by atoms with van der Waals surface area (Å²) in [6, 6.07) is 6.30. The molecule has 9 nitrogen and oxygen atoms in total. The first kappa shape index (κ1) is 23.6. The highest BCUT2D eigenvalue weighted by Gasteiger charge is 2.36. The molecule has 1 aromatic carbocycles. The number of fused-ring (bicyclic) bond motifs is 1. The number of alkyl halides is 2. The number of H-pyrrole nitrogens is 1. The molecule has 1 amide bonds. The summed E-state index contributed by atoms with van der Waals surface area (Å²) >= 11 is 0. The molecule has 1 atom stereocenters. The number of rotatable bonds is 6. The van der Waals surface area contributed by atoms with Gasteiger partial charge in [0.1, 0.15) is 23.8 Å². The molecule has 1 saturated heterocycles. The Morgan fingerprint density at radius 2 is 1.94 bits per heavy atom. The Morgan fingerprint density at radius 3 is 2.60 bits per heavy atom. The van der Waals surface area contributed by atoms with Gasteiger partial charge in [-0.05, 0) is 43.9 Å². The van der Waals surface area contributed by atoms with Crippen molar-refractivity contribution in [2.24, 2.45) is 5.92 Å². The van der Waals surface area contributed by atoms with Crippen molar-refractivity contribution in [2.45, 2.75) is 49.5 Å². The van der Waals surface area contributed by atoms with Crippen molar-refractivity contribution in [2.75, 3.05) is 23.5 Å². The summed E-state index contributed by atoms with van der Waals surface area (Å²) in [7, 11) is -3.70. The second-order valence-corrected chi connectivity index (χ2v) is 11.2. The minimum Gasteiger partial charge on any atom is -0.367 e. The Hall–Kier alpha value is -3.12. The Morgan fingerprint density at radius 1 is 1.17 bits per heavy atom. The van der Waals surface area contributed by atoms with Gasteiger partial charge in [-0.1, -0.05) is 6.07 Å². The van der Waals surface area contributed by atoms with Gasteiger partial charge < -0.3 is 20.4 Å². The smallest absolute Gasteiger partial charge is 0.271 e. The van der Waals surface area contributed by atoms with Crippen molar-refractivity contribution in [1.82, 2.24) is 15.0 Å². The number of benzene rings is 1. The highest BCUT2D eigenvalue weighted by atomic mass is 32.2. The summed E-state index contributed by atoms with van der Waals surface area (Å²) in [6.07, 6.45) is 1.91. The molecule has 3 aromatic rings. The number of nitrogens with zero attached hydrogens (tertiary/aromatic N) is 2. The Bertz CT molecular complexity index is 1410. The molecule has 12 heteroatoms. The maximum Gasteiger partial charge on any atom is 0.271 e. The number of ether oxygens (including phenoxy) is 1. The molecule has 3 heterocycles. The van der Waals surface area contributed by atoms with Crippen LogP contribution in [0.2, 0.25) is 0 Å². The number of hydrogen-bond acceptors (Lipinski definition) is 7. The number of hydrogen-bond donors (Lipinski definition) is 3. The number of aromatic amines is 1. The average Bonchev–Trinajstić information content (AvgIpc) is 3.55. The van der Waals surface area contributed by atoms with Crippen LogP contribution in [0, 0.1) is 12.8 Å². The Labute approximate surface area is 200 Å². The summed E-state index contributed by atoms with van der Waals surface area (Å²) in [5.74, 6) is -2.09. The average molecular weight is 506 g/mol. The molecule has 2 aromatic heterocycles. The predicted molar refractivity (Wildman–Crippen MR) is 126 cm³/mol. The molecular weight excluding hydrogens is 480 g/mol. The molecule has 0 bridgehead atoms. The molecule has 2 fully saturated rings. The van der Waals surface area contributed by atoms with Crippen LogP contribution in [0.15, 0.2) is 29.2 Å². The van der Waals surface area contributed by atoms with E-state index in [0.29, 0.717) is 34.1 Å². The Kier molecular flexibility index (Phi) is 5.75. The van der Waals surface area contributed by atoms with Crippen LogP contribution in [0.5, 0.6) is 0 Å². The van der Waals surface area contributed by atoms with Gasteiger partial charge >= 0.3 is 0 Å². The van der Waals surface area contributed by atoms with Gasteiger partial charge in [-0.15, -0.1) is 0 Å². The first-order valence-corrected chi connectivity index (χ1v) is 13.2. The number of amides is 1. The zero-order chi connectivity index (χ0) is 25.0. The highest BCUT2D eigenvalue weighted by Crippen LogP contribution is 2.38. The maximum absolute atomic E-state index is 13.5. The van der Waals surface area contributed by atoms with Crippen LogP contribution in [0.1, 0.15) is 43.2 Å². The number of halogens is 2. The number of aromatic nitrogens is 3. The van der Waals surface area contributed by atoms with Gasteiger partial charge in [0.15, 0.2) is 15.5 Å². The first-order valence-electron chi connectivity index (χ1n) is 11.3. The summed E-state index contributed by atoms with van der Waals surface area (Å²) in [4.78, 5) is 24.2. The molecule has 5 rings (SSSR count). The third kappa shape index (κ3) is 5.13. The number of anilines is 3. The van der Waals surface area contributed by atoms with E-state index in [0.717, 1.165) is 19.1 Å². The fourth-order valence-electron chi connectivity index (χ4n) is 4.12. The molecule has 2 aliphatic rings. The van der Waals surface area contributed by atoms with Crippen molar-refractivity contribution in [3.63, 3.8) is 0 Å². The number of carbonyl (C=O) groups is 1. The van der Waals surface area contributed by atoms with Gasteiger partial charge in [0, 0.05) is 24.7 Å². The second kappa shape index (κ2) is 8.52. The van der Waals surface area contributed by atoms with E-state index in [-0.39, 0.29) is 35.2 Å². The number of sulfone groups is 1. The zero-order valence-electron chi connectivity index (χ0n) is 19.2. The molecule has 1 saturated carbocycles. The van der Waals surface area contributed by atoms with E-state index in [4.69, 9.17) is 4.74 Å². The largest absolute Gasteiger partial charge is 0.367 e. The molecule has 0 radical (unpaired) electrons. The number of nitrogens with one attached hydrogen (secondary N) is 3. The standard InChI is InChI=1S/C23H25F2N5O4S/c1-12-26-20-16(10-19(29-21(20)27-12)30-22(31)13-3-4-13)28-15-6-5-14(9-18(15)35(2,32)33)17-7-8-23(24,25)11-34-17/h5-6,9-10,13,17H,3-4,7-8,11H2,1-2H3,(H3,26,27,28,29,30,31)/t17-/m1/s1. The lowest BCUT2D eigenvalue weighted by molar-refractivity contribution is -0.145. The molecule has 1 aliphatic heterocycles. The highest BCUT2D eigenvalue weighted by molar-refractivity contribution is 7.90. The van der Waals surface area contributed by atoms with E-state index in [1.54, 1.807) is 25.1 Å². The maximum atomic E-state index is 13.5. The van der Waals surface area contributed by atoms with E-state index < -0.39 is 28.5 Å². The fourth-order valence-corrected chi connectivity index (χ4v) is 4.98. The van der Waals surface area contributed by atoms with Crippen molar-refractivity contribution in [3.8, 4) is 0 Å². The van der Waals surface area contributed by atoms with E-state index in [1.807, 2.05) is 0 Å². The summed E-state index contributed by atoms with van der Waals surface area (Å²) in [5, 5.41) is 5.92. The topological polar surface area (TPSA) is 126 Å². The number of pyridine rings is 1. The van der Waals surface area contributed by atoms with Crippen LogP contribution in [0.4, 0.5) is 26.0 Å². The SMILES string of the molecule is Cc1nc2c(Nc3ccc([C@H]4CCC(F)(F)CO4)cc3S(C)(=O)=O)cc(NC(=O)C3CC3)nc2[nH]1. The summed E-state index contributed by atoms with van der Waals surface area (Å²) in [6.45, 7) is 1.06. The third-order valence-electron chi connectivity index (χ3n) is 6.09. The number of carbonyl (C=O) groups excluding carboxylic acids is 1. The number of imidazole rings is 1. The van der Waals surface area contributed by atoms with Gasteiger partial charge in [0.05, 0.1) is 22.4 Å². The number of aryl methyl sites for hydroxylation is 1. The molecule has 0 spiro atoms. The molecule has 3 N–H and O–H groups in total. The van der Waals surface area contributed by atoms with Crippen LogP contribution in [0.25, 0.3) is 11.2 Å². The minimum atomic E-state index is -3.70. The third-order valence-corrected chi connectivity index (χ3v) is 7.22. The molecule has 0 unspecified atom stereocenters. The lowest BCUT2D eigenvalue weighted by atomic mass is 9.99. The monoisotopic (exact) mass is 505 g/mol. The van der Waals surface area contributed by atoms with Crippen molar-refractivity contribution in [1.29, 1.82) is 0 Å². The lowest BCUT2D eigenvalue weighted by Gasteiger charge is -2.29. The van der Waals surface area contributed by atoms with Crippen LogP contribution in [-0.4, -0.2) is 48.1 Å². The normalized spacial score (nSPS) is 20.1. The second-order valence-electron chi connectivity index (χ2n) is 9.19. The Balaban J connectivity index is 1.50. The van der Waals surface area contributed by atoms with E-state index >= 15 is 0 Å². The quantitative estimate of drug-likeness (QED) is 0.457. The predicted octanol–water partition coefficient (Wildman–Crippen LogP) is 4.25. The van der Waals surface area contributed by atoms with Crippen molar-refractivity contribution >= 4 is 44.1 Å². The van der Waals surface area contributed by atoms with Gasteiger partial charge in [0.25, 0.3) is 5.92 Å². The van der Waals surface area contributed by atoms with Crippen molar-refractivity contribution < 1.29 is 26.7 Å².